The van der Waals surface area contributed by atoms with Crippen molar-refractivity contribution in [1.82, 2.24) is 9.97 Å². The van der Waals surface area contributed by atoms with Crippen LogP contribution in [0.4, 0.5) is 5.82 Å². The Labute approximate surface area is 121 Å². The van der Waals surface area contributed by atoms with Crippen LogP contribution in [0.1, 0.15) is 5.56 Å². The van der Waals surface area contributed by atoms with Crippen molar-refractivity contribution in [2.75, 3.05) is 5.43 Å². The Kier molecular flexibility index (Phi) is 3.56. The molecule has 0 saturated heterocycles. The molecule has 0 bridgehead atoms. The van der Waals surface area contributed by atoms with Crippen molar-refractivity contribution < 1.29 is 0 Å². The summed E-state index contributed by atoms with van der Waals surface area (Å²) in [5, 5.41) is 5.85. The van der Waals surface area contributed by atoms with Crippen LogP contribution in [-0.4, -0.2) is 16.2 Å². The minimum absolute atomic E-state index is 0.685. The van der Waals surface area contributed by atoms with Gasteiger partial charge in [-0.3, -0.25) is 10.4 Å². The number of hydrogen-bond acceptors (Lipinski definition) is 4. The van der Waals surface area contributed by atoms with Gasteiger partial charge in [-0.15, -0.1) is 0 Å². The largest absolute Gasteiger partial charge is 0.265 e. The molecule has 1 N–H and O–H groups in total. The fraction of sp³-hybridized carbons (Fsp3) is 0. The van der Waals surface area contributed by atoms with Gasteiger partial charge in [0.25, 0.3) is 0 Å². The van der Waals surface area contributed by atoms with Gasteiger partial charge in [0.15, 0.2) is 0 Å². The molecule has 0 aliphatic rings. The number of pyridine rings is 2. The summed E-state index contributed by atoms with van der Waals surface area (Å²) in [7, 11) is 0. The van der Waals surface area contributed by atoms with Crippen LogP contribution < -0.4 is 5.43 Å². The maximum atomic E-state index is 5.94. The Hall–Kier alpha value is -2.46. The summed E-state index contributed by atoms with van der Waals surface area (Å²) < 4.78 is 0. The lowest BCUT2D eigenvalue weighted by molar-refractivity contribution is 1.26. The topological polar surface area (TPSA) is 50.2 Å². The summed E-state index contributed by atoms with van der Waals surface area (Å²) in [6.07, 6.45) is 5.16. The van der Waals surface area contributed by atoms with Crippen molar-refractivity contribution in [3.05, 3.63) is 65.4 Å². The number of benzene rings is 1. The highest BCUT2D eigenvalue weighted by Gasteiger charge is 1.98. The number of hydrazone groups is 1. The zero-order valence-electron chi connectivity index (χ0n) is 10.5. The number of nitrogens with zero attached hydrogens (tertiary/aromatic N) is 3. The van der Waals surface area contributed by atoms with Crippen LogP contribution in [0.2, 0.25) is 5.02 Å². The number of rotatable bonds is 3. The van der Waals surface area contributed by atoms with Gasteiger partial charge in [-0.05, 0) is 48.0 Å². The molecule has 1 aromatic carbocycles. The molecule has 2 heterocycles. The minimum atomic E-state index is 0.685. The van der Waals surface area contributed by atoms with Crippen molar-refractivity contribution in [2.24, 2.45) is 5.10 Å². The number of anilines is 1. The van der Waals surface area contributed by atoms with Crippen LogP contribution in [0.25, 0.3) is 10.9 Å². The summed E-state index contributed by atoms with van der Waals surface area (Å²) >= 11 is 5.94. The average molecular weight is 283 g/mol. The quantitative estimate of drug-likeness (QED) is 0.588. The van der Waals surface area contributed by atoms with Crippen molar-refractivity contribution in [3.63, 3.8) is 0 Å². The van der Waals surface area contributed by atoms with E-state index in [0.29, 0.717) is 10.8 Å². The first-order chi connectivity index (χ1) is 9.81. The van der Waals surface area contributed by atoms with Gasteiger partial charge in [0.05, 0.1) is 11.7 Å². The van der Waals surface area contributed by atoms with Gasteiger partial charge in [-0.1, -0.05) is 11.6 Å². The number of fused-ring (bicyclic) bond motifs is 1. The molecule has 0 saturated carbocycles. The van der Waals surface area contributed by atoms with E-state index in [1.807, 2.05) is 42.5 Å². The highest BCUT2D eigenvalue weighted by Crippen LogP contribution is 2.19. The zero-order chi connectivity index (χ0) is 13.8. The molecular weight excluding hydrogens is 272 g/mol. The maximum absolute atomic E-state index is 5.94. The van der Waals surface area contributed by atoms with E-state index >= 15 is 0 Å². The molecule has 0 fully saturated rings. The third kappa shape index (κ3) is 2.92. The Morgan fingerprint density at radius 1 is 1.05 bits per heavy atom. The van der Waals surface area contributed by atoms with Crippen LogP contribution in [-0.2, 0) is 0 Å². The Bertz CT molecular complexity index is 756. The van der Waals surface area contributed by atoms with Crippen molar-refractivity contribution in [3.8, 4) is 0 Å². The number of hydrogen-bond donors (Lipinski definition) is 1. The summed E-state index contributed by atoms with van der Waals surface area (Å²) in [5.41, 5.74) is 4.75. The molecule has 3 rings (SSSR count). The molecule has 2 aromatic heterocycles. The number of halogens is 1. The van der Waals surface area contributed by atoms with Gasteiger partial charge in [0.2, 0.25) is 0 Å². The Balaban J connectivity index is 1.78. The fourth-order valence-corrected chi connectivity index (χ4v) is 1.96. The van der Waals surface area contributed by atoms with Crippen LogP contribution in [0.5, 0.6) is 0 Å². The number of aromatic nitrogens is 2. The van der Waals surface area contributed by atoms with Gasteiger partial charge in [0.1, 0.15) is 5.82 Å². The lowest BCUT2D eigenvalue weighted by Crippen LogP contribution is -1.93. The Morgan fingerprint density at radius 3 is 2.75 bits per heavy atom. The van der Waals surface area contributed by atoms with Gasteiger partial charge in [0, 0.05) is 22.8 Å². The van der Waals surface area contributed by atoms with Gasteiger partial charge >= 0.3 is 0 Å². The molecule has 0 amide bonds. The van der Waals surface area contributed by atoms with Crippen molar-refractivity contribution >= 4 is 34.5 Å². The van der Waals surface area contributed by atoms with E-state index in [0.717, 1.165) is 16.5 Å². The van der Waals surface area contributed by atoms with Crippen molar-refractivity contribution in [2.45, 2.75) is 0 Å². The predicted molar refractivity (Wildman–Crippen MR) is 82.2 cm³/mol. The van der Waals surface area contributed by atoms with E-state index in [1.165, 1.54) is 0 Å². The molecule has 0 aliphatic carbocycles. The summed E-state index contributed by atoms with van der Waals surface area (Å²) in [6.45, 7) is 0. The first kappa shape index (κ1) is 12.6. The first-order valence-electron chi connectivity index (χ1n) is 6.07. The molecule has 0 aliphatic heterocycles. The third-order valence-corrected chi connectivity index (χ3v) is 2.99. The molecule has 98 valence electrons. The van der Waals surface area contributed by atoms with Crippen LogP contribution >= 0.6 is 11.6 Å². The Morgan fingerprint density at radius 2 is 1.90 bits per heavy atom. The molecule has 0 unspecified atom stereocenters. The average Bonchev–Trinajstić information content (AvgIpc) is 2.48. The number of nitrogens with one attached hydrogen (secondary N) is 1. The van der Waals surface area contributed by atoms with E-state index in [1.54, 1.807) is 18.6 Å². The van der Waals surface area contributed by atoms with E-state index in [-0.39, 0.29) is 0 Å². The third-order valence-electron chi connectivity index (χ3n) is 2.75. The molecule has 5 heteroatoms. The van der Waals surface area contributed by atoms with Gasteiger partial charge in [-0.25, -0.2) is 4.98 Å². The second kappa shape index (κ2) is 5.67. The second-order valence-corrected chi connectivity index (χ2v) is 4.62. The van der Waals surface area contributed by atoms with E-state index in [4.69, 9.17) is 11.6 Å². The monoisotopic (exact) mass is 282 g/mol. The van der Waals surface area contributed by atoms with Gasteiger partial charge < -0.3 is 0 Å². The van der Waals surface area contributed by atoms with Crippen LogP contribution in [0.15, 0.2) is 60.0 Å². The SMILES string of the molecule is Clc1ccc2nc(N/N=C/c3ccncc3)ccc2c1. The second-order valence-electron chi connectivity index (χ2n) is 4.18. The molecule has 0 radical (unpaired) electrons. The lowest BCUT2D eigenvalue weighted by atomic mass is 10.2. The normalized spacial score (nSPS) is 11.1. The van der Waals surface area contributed by atoms with Crippen LogP contribution in [0.3, 0.4) is 0 Å². The van der Waals surface area contributed by atoms with Crippen LogP contribution in [0, 0.1) is 0 Å². The summed E-state index contributed by atoms with van der Waals surface area (Å²) in [6, 6.07) is 13.2. The summed E-state index contributed by atoms with van der Waals surface area (Å²) in [5.74, 6) is 0.685. The molecule has 4 nitrogen and oxygen atoms in total. The maximum Gasteiger partial charge on any atom is 0.146 e. The molecule has 3 aromatic rings. The fourth-order valence-electron chi connectivity index (χ4n) is 1.78. The summed E-state index contributed by atoms with van der Waals surface area (Å²) in [4.78, 5) is 8.40. The molecular formula is C15H11ClN4. The lowest BCUT2D eigenvalue weighted by Gasteiger charge is -2.02. The minimum Gasteiger partial charge on any atom is -0.265 e. The van der Waals surface area contributed by atoms with Crippen molar-refractivity contribution in [1.29, 1.82) is 0 Å². The molecule has 0 spiro atoms. The zero-order valence-corrected chi connectivity index (χ0v) is 11.2. The first-order valence-corrected chi connectivity index (χ1v) is 6.44. The smallest absolute Gasteiger partial charge is 0.146 e. The van der Waals surface area contributed by atoms with E-state index in [9.17, 15) is 0 Å². The van der Waals surface area contributed by atoms with Gasteiger partial charge in [-0.2, -0.15) is 5.10 Å². The highest BCUT2D eigenvalue weighted by molar-refractivity contribution is 6.31. The van der Waals surface area contributed by atoms with E-state index in [2.05, 4.69) is 20.5 Å². The standard InChI is InChI=1S/C15H11ClN4/c16-13-2-3-14-12(9-13)1-4-15(19-14)20-18-10-11-5-7-17-8-6-11/h1-10H,(H,19,20)/b18-10+. The molecule has 0 atom stereocenters. The molecule has 20 heavy (non-hydrogen) atoms. The highest BCUT2D eigenvalue weighted by atomic mass is 35.5. The predicted octanol–water partition coefficient (Wildman–Crippen LogP) is 3.73. The van der Waals surface area contributed by atoms with E-state index < -0.39 is 0 Å².